The first kappa shape index (κ1) is 20.7. The zero-order chi connectivity index (χ0) is 20.6. The molecule has 1 atom stereocenters. The molecular weight excluding hydrogens is 374 g/mol. The number of nitro benzene ring substituents is 1. The van der Waals surface area contributed by atoms with Crippen LogP contribution in [0.2, 0.25) is 0 Å². The average Bonchev–Trinajstić information content (AvgIpc) is 2.75. The Kier molecular flexibility index (Phi) is 7.09. The van der Waals surface area contributed by atoms with Crippen LogP contribution in [0.25, 0.3) is 0 Å². The molecule has 0 saturated carbocycles. The normalized spacial score (nSPS) is 15.5. The Bertz CT molecular complexity index is 840. The van der Waals surface area contributed by atoms with Crippen LogP contribution in [0.3, 0.4) is 0 Å². The monoisotopic (exact) mass is 399 g/mol. The molecule has 2 heterocycles. The van der Waals surface area contributed by atoms with Crippen molar-refractivity contribution in [1.82, 2.24) is 15.2 Å². The van der Waals surface area contributed by atoms with E-state index in [0.717, 1.165) is 25.3 Å². The molecule has 2 N–H and O–H groups in total. The molecule has 1 fully saturated rings. The van der Waals surface area contributed by atoms with Gasteiger partial charge < -0.3 is 15.4 Å². The van der Waals surface area contributed by atoms with Crippen molar-refractivity contribution in [2.24, 2.45) is 0 Å². The minimum atomic E-state index is -0.488. The summed E-state index contributed by atoms with van der Waals surface area (Å²) in [6, 6.07) is 9.75. The molecule has 154 valence electrons. The van der Waals surface area contributed by atoms with Crippen molar-refractivity contribution in [2.75, 3.05) is 44.7 Å². The first-order chi connectivity index (χ1) is 14.0. The summed E-state index contributed by atoms with van der Waals surface area (Å²) in [5.41, 5.74) is 1.23. The SMILES string of the molecule is CC(Nc1ccc(C(=O)NCCN2CCOCC2)cc1[N+](=O)[O-])c1ccccn1. The number of anilines is 1. The second-order valence-corrected chi connectivity index (χ2v) is 6.82. The summed E-state index contributed by atoms with van der Waals surface area (Å²) in [7, 11) is 0. The lowest BCUT2D eigenvalue weighted by molar-refractivity contribution is -0.384. The number of ether oxygens (including phenoxy) is 1. The topological polar surface area (TPSA) is 110 Å². The number of carbonyl (C=O) groups excluding carboxylic acids is 1. The van der Waals surface area contributed by atoms with Gasteiger partial charge in [-0.1, -0.05) is 6.07 Å². The highest BCUT2D eigenvalue weighted by Gasteiger charge is 2.20. The molecule has 1 aromatic heterocycles. The number of rotatable bonds is 8. The van der Waals surface area contributed by atoms with Gasteiger partial charge in [0.15, 0.2) is 0 Å². The van der Waals surface area contributed by atoms with Crippen molar-refractivity contribution in [3.8, 4) is 0 Å². The van der Waals surface area contributed by atoms with Crippen molar-refractivity contribution in [2.45, 2.75) is 13.0 Å². The van der Waals surface area contributed by atoms with Gasteiger partial charge in [0, 0.05) is 44.0 Å². The van der Waals surface area contributed by atoms with Crippen molar-refractivity contribution in [1.29, 1.82) is 0 Å². The Morgan fingerprint density at radius 1 is 1.31 bits per heavy atom. The number of aromatic nitrogens is 1. The molecule has 29 heavy (non-hydrogen) atoms. The van der Waals surface area contributed by atoms with E-state index in [1.54, 1.807) is 18.3 Å². The minimum Gasteiger partial charge on any atom is -0.379 e. The fraction of sp³-hybridized carbons (Fsp3) is 0.400. The van der Waals surface area contributed by atoms with E-state index in [-0.39, 0.29) is 23.2 Å². The number of hydrogen-bond donors (Lipinski definition) is 2. The van der Waals surface area contributed by atoms with Gasteiger partial charge in [0.25, 0.3) is 11.6 Å². The van der Waals surface area contributed by atoms with Gasteiger partial charge in [0.1, 0.15) is 5.69 Å². The van der Waals surface area contributed by atoms with Gasteiger partial charge in [-0.2, -0.15) is 0 Å². The van der Waals surface area contributed by atoms with Gasteiger partial charge in [-0.3, -0.25) is 24.8 Å². The number of nitrogens with one attached hydrogen (secondary N) is 2. The highest BCUT2D eigenvalue weighted by Crippen LogP contribution is 2.28. The van der Waals surface area contributed by atoms with E-state index in [2.05, 4.69) is 20.5 Å². The van der Waals surface area contributed by atoms with E-state index in [1.807, 2.05) is 25.1 Å². The quantitative estimate of drug-likeness (QED) is 0.517. The van der Waals surface area contributed by atoms with Gasteiger partial charge in [0.05, 0.1) is 29.9 Å². The van der Waals surface area contributed by atoms with Crippen molar-refractivity contribution in [3.63, 3.8) is 0 Å². The highest BCUT2D eigenvalue weighted by atomic mass is 16.6. The lowest BCUT2D eigenvalue weighted by Crippen LogP contribution is -2.41. The Labute approximate surface area is 169 Å². The maximum atomic E-state index is 12.4. The third-order valence-corrected chi connectivity index (χ3v) is 4.78. The first-order valence-corrected chi connectivity index (χ1v) is 9.59. The van der Waals surface area contributed by atoms with E-state index in [1.165, 1.54) is 6.07 Å². The molecule has 1 aromatic carbocycles. The predicted octanol–water partition coefficient (Wildman–Crippen LogP) is 2.22. The summed E-state index contributed by atoms with van der Waals surface area (Å²) in [6.07, 6.45) is 1.67. The summed E-state index contributed by atoms with van der Waals surface area (Å²) in [6.45, 7) is 6.16. The molecule has 1 unspecified atom stereocenters. The lowest BCUT2D eigenvalue weighted by atomic mass is 10.1. The van der Waals surface area contributed by atoms with Crippen LogP contribution in [0.5, 0.6) is 0 Å². The van der Waals surface area contributed by atoms with Crippen LogP contribution in [0, 0.1) is 10.1 Å². The van der Waals surface area contributed by atoms with Crippen molar-refractivity contribution >= 4 is 17.3 Å². The largest absolute Gasteiger partial charge is 0.379 e. The third kappa shape index (κ3) is 5.72. The highest BCUT2D eigenvalue weighted by molar-refractivity contribution is 5.95. The molecule has 0 aliphatic carbocycles. The van der Waals surface area contributed by atoms with Crippen LogP contribution in [0.4, 0.5) is 11.4 Å². The molecule has 1 aliphatic rings. The maximum absolute atomic E-state index is 12.4. The van der Waals surface area contributed by atoms with Crippen molar-refractivity contribution in [3.05, 3.63) is 64.0 Å². The predicted molar refractivity (Wildman–Crippen MR) is 109 cm³/mol. The van der Waals surface area contributed by atoms with E-state index in [9.17, 15) is 14.9 Å². The first-order valence-electron chi connectivity index (χ1n) is 9.59. The molecule has 2 aromatic rings. The fourth-order valence-corrected chi connectivity index (χ4v) is 3.14. The molecule has 3 rings (SSSR count). The molecule has 9 nitrogen and oxygen atoms in total. The minimum absolute atomic E-state index is 0.145. The standard InChI is InChI=1S/C20H25N5O4/c1-15(17-4-2-3-7-21-17)23-18-6-5-16(14-19(18)25(27)28)20(26)22-8-9-24-10-12-29-13-11-24/h2-7,14-15,23H,8-13H2,1H3,(H,22,26). The molecule has 1 aliphatic heterocycles. The molecule has 1 saturated heterocycles. The van der Waals surface area contributed by atoms with Crippen LogP contribution < -0.4 is 10.6 Å². The Morgan fingerprint density at radius 3 is 2.79 bits per heavy atom. The summed E-state index contributed by atoms with van der Waals surface area (Å²) in [4.78, 5) is 29.9. The number of nitro groups is 1. The Hall–Kier alpha value is -3.04. The van der Waals surface area contributed by atoms with E-state index in [4.69, 9.17) is 4.74 Å². The van der Waals surface area contributed by atoms with Gasteiger partial charge in [-0.15, -0.1) is 0 Å². The average molecular weight is 399 g/mol. The molecule has 0 bridgehead atoms. The van der Waals surface area contributed by atoms with Gasteiger partial charge >= 0.3 is 0 Å². The number of benzene rings is 1. The number of amides is 1. The second-order valence-electron chi connectivity index (χ2n) is 6.82. The van der Waals surface area contributed by atoms with Gasteiger partial charge in [0.2, 0.25) is 0 Å². The summed E-state index contributed by atoms with van der Waals surface area (Å²) in [5, 5.41) is 17.5. The molecule has 1 amide bonds. The zero-order valence-electron chi connectivity index (χ0n) is 16.3. The molecule has 0 spiro atoms. The van der Waals surface area contributed by atoms with Crippen LogP contribution in [-0.4, -0.2) is 60.1 Å². The number of nitrogens with zero attached hydrogens (tertiary/aromatic N) is 3. The summed E-state index contributed by atoms with van der Waals surface area (Å²) >= 11 is 0. The fourth-order valence-electron chi connectivity index (χ4n) is 3.14. The maximum Gasteiger partial charge on any atom is 0.293 e. The van der Waals surface area contributed by atoms with Crippen LogP contribution in [-0.2, 0) is 4.74 Å². The second kappa shape index (κ2) is 9.94. The Morgan fingerprint density at radius 2 is 2.10 bits per heavy atom. The van der Waals surface area contributed by atoms with E-state index in [0.29, 0.717) is 25.4 Å². The summed E-state index contributed by atoms with van der Waals surface area (Å²) < 4.78 is 5.30. The smallest absolute Gasteiger partial charge is 0.293 e. The van der Waals surface area contributed by atoms with Crippen LogP contribution in [0.15, 0.2) is 42.6 Å². The van der Waals surface area contributed by atoms with Gasteiger partial charge in [-0.25, -0.2) is 0 Å². The number of pyridine rings is 1. The molecule has 0 radical (unpaired) electrons. The molecule has 9 heteroatoms. The number of morpholine rings is 1. The zero-order valence-corrected chi connectivity index (χ0v) is 16.3. The third-order valence-electron chi connectivity index (χ3n) is 4.78. The molecular formula is C20H25N5O4. The van der Waals surface area contributed by atoms with E-state index >= 15 is 0 Å². The van der Waals surface area contributed by atoms with Crippen LogP contribution in [0.1, 0.15) is 29.0 Å². The van der Waals surface area contributed by atoms with Crippen LogP contribution >= 0.6 is 0 Å². The van der Waals surface area contributed by atoms with Gasteiger partial charge in [-0.05, 0) is 31.2 Å². The van der Waals surface area contributed by atoms with E-state index < -0.39 is 4.92 Å². The van der Waals surface area contributed by atoms with Crippen molar-refractivity contribution < 1.29 is 14.5 Å². The number of carbonyl (C=O) groups is 1. The summed E-state index contributed by atoms with van der Waals surface area (Å²) in [5.74, 6) is -0.328. The number of hydrogen-bond acceptors (Lipinski definition) is 7. The Balaban J connectivity index is 1.63. The lowest BCUT2D eigenvalue weighted by Gasteiger charge is -2.26.